The summed E-state index contributed by atoms with van der Waals surface area (Å²) in [6, 6.07) is 7.20. The number of aliphatic hydroxyl groups excluding tert-OH is 1. The summed E-state index contributed by atoms with van der Waals surface area (Å²) in [5.41, 5.74) is 7.05. The van der Waals surface area contributed by atoms with Crippen LogP contribution >= 0.6 is 24.8 Å². The molecule has 8 heteroatoms. The average Bonchev–Trinajstić information content (AvgIpc) is 2.99. The first-order valence-corrected chi connectivity index (χ1v) is 6.42. The maximum absolute atomic E-state index is 12.5. The zero-order chi connectivity index (χ0) is 14.4. The summed E-state index contributed by atoms with van der Waals surface area (Å²) in [5, 5.41) is 9.12. The molecule has 4 N–H and O–H groups in total. The van der Waals surface area contributed by atoms with E-state index in [-0.39, 0.29) is 43.9 Å². The number of hydrogen-bond acceptors (Lipinski definition) is 4. The molecule has 0 bridgehead atoms. The number of imidazole rings is 1. The van der Waals surface area contributed by atoms with Gasteiger partial charge in [0, 0.05) is 31.0 Å². The number of benzene rings is 1. The third-order valence-corrected chi connectivity index (χ3v) is 2.96. The van der Waals surface area contributed by atoms with Crippen molar-refractivity contribution >= 4 is 30.7 Å². The molecule has 0 atom stereocenters. The Kier molecular flexibility index (Phi) is 9.44. The molecule has 0 aliphatic rings. The second-order valence-corrected chi connectivity index (χ2v) is 4.39. The highest BCUT2D eigenvalue weighted by Crippen LogP contribution is 2.10. The smallest absolute Gasteiger partial charge is 0.254 e. The first-order valence-electron chi connectivity index (χ1n) is 6.42. The normalized spacial score (nSPS) is 9.55. The highest BCUT2D eigenvalue weighted by molar-refractivity contribution is 5.94. The summed E-state index contributed by atoms with van der Waals surface area (Å²) in [4.78, 5) is 21.1. The van der Waals surface area contributed by atoms with Crippen LogP contribution < -0.4 is 5.73 Å². The lowest BCUT2D eigenvalue weighted by Crippen LogP contribution is -2.33. The lowest BCUT2D eigenvalue weighted by atomic mass is 10.1. The highest BCUT2D eigenvalue weighted by atomic mass is 35.5. The van der Waals surface area contributed by atoms with E-state index in [9.17, 15) is 4.79 Å². The van der Waals surface area contributed by atoms with Crippen LogP contribution in [0.4, 0.5) is 0 Å². The maximum Gasteiger partial charge on any atom is 0.254 e. The van der Waals surface area contributed by atoms with Crippen LogP contribution in [0.2, 0.25) is 0 Å². The molecule has 0 saturated carbocycles. The molecule has 0 aliphatic carbocycles. The zero-order valence-corrected chi connectivity index (χ0v) is 13.6. The van der Waals surface area contributed by atoms with Crippen LogP contribution in [0, 0.1) is 0 Å². The van der Waals surface area contributed by atoms with Gasteiger partial charge >= 0.3 is 0 Å². The second kappa shape index (κ2) is 10.2. The Labute approximate surface area is 141 Å². The van der Waals surface area contributed by atoms with Gasteiger partial charge in [-0.1, -0.05) is 12.1 Å². The molecular weight excluding hydrogens is 327 g/mol. The fourth-order valence-electron chi connectivity index (χ4n) is 1.95. The molecule has 122 valence electrons. The molecule has 0 unspecified atom stereocenters. The number of aliphatic hydroxyl groups is 1. The number of nitrogens with zero attached hydrogens (tertiary/aromatic N) is 2. The molecule has 0 radical (unpaired) electrons. The maximum atomic E-state index is 12.5. The molecule has 0 spiro atoms. The van der Waals surface area contributed by atoms with E-state index in [0.717, 1.165) is 5.56 Å². The van der Waals surface area contributed by atoms with Gasteiger partial charge < -0.3 is 20.7 Å². The summed E-state index contributed by atoms with van der Waals surface area (Å²) in [6.07, 6.45) is 3.33. The number of amides is 1. The Morgan fingerprint density at radius 2 is 2.14 bits per heavy atom. The van der Waals surface area contributed by atoms with Crippen LogP contribution in [0.25, 0.3) is 0 Å². The van der Waals surface area contributed by atoms with E-state index in [1.165, 1.54) is 0 Å². The van der Waals surface area contributed by atoms with Gasteiger partial charge in [0.1, 0.15) is 5.82 Å². The SMILES string of the molecule is Cl.Cl.NCc1cccc(C(=O)N(CCO)Cc2ncc[nH]2)c1. The summed E-state index contributed by atoms with van der Waals surface area (Å²) >= 11 is 0. The van der Waals surface area contributed by atoms with Gasteiger partial charge in [0.05, 0.1) is 13.2 Å². The number of H-pyrrole nitrogens is 1. The van der Waals surface area contributed by atoms with Gasteiger partial charge in [-0.05, 0) is 17.7 Å². The molecule has 2 aromatic rings. The molecule has 1 aromatic heterocycles. The second-order valence-electron chi connectivity index (χ2n) is 4.39. The third-order valence-electron chi connectivity index (χ3n) is 2.96. The number of nitrogens with two attached hydrogens (primary N) is 1. The van der Waals surface area contributed by atoms with Crippen LogP contribution in [-0.4, -0.2) is 39.0 Å². The summed E-state index contributed by atoms with van der Waals surface area (Å²) in [5.74, 6) is 0.535. The van der Waals surface area contributed by atoms with Crippen molar-refractivity contribution in [3.05, 3.63) is 53.6 Å². The van der Waals surface area contributed by atoms with Gasteiger partial charge in [-0.3, -0.25) is 4.79 Å². The highest BCUT2D eigenvalue weighted by Gasteiger charge is 2.16. The topological polar surface area (TPSA) is 95.2 Å². The van der Waals surface area contributed by atoms with E-state index in [0.29, 0.717) is 24.5 Å². The zero-order valence-electron chi connectivity index (χ0n) is 11.9. The lowest BCUT2D eigenvalue weighted by Gasteiger charge is -2.21. The van der Waals surface area contributed by atoms with Crippen LogP contribution in [-0.2, 0) is 13.1 Å². The predicted octanol–water partition coefficient (Wildman–Crippen LogP) is 1.35. The van der Waals surface area contributed by atoms with Gasteiger partial charge in [0.25, 0.3) is 5.91 Å². The Morgan fingerprint density at radius 1 is 1.36 bits per heavy atom. The lowest BCUT2D eigenvalue weighted by molar-refractivity contribution is 0.0703. The van der Waals surface area contributed by atoms with Crippen LogP contribution in [0.5, 0.6) is 0 Å². The van der Waals surface area contributed by atoms with E-state index in [2.05, 4.69) is 9.97 Å². The Bertz CT molecular complexity index is 564. The number of aromatic amines is 1. The molecule has 1 heterocycles. The summed E-state index contributed by atoms with van der Waals surface area (Å²) in [7, 11) is 0. The number of halogens is 2. The standard InChI is InChI=1S/C14H18N4O2.2ClH/c15-9-11-2-1-3-12(8-11)14(20)18(6-7-19)10-13-16-4-5-17-13;;/h1-5,8,19H,6-7,9-10,15H2,(H,16,17);2*1H. The third kappa shape index (κ3) is 5.31. The Hall–Kier alpha value is -1.60. The van der Waals surface area contributed by atoms with Crippen molar-refractivity contribution in [2.75, 3.05) is 13.2 Å². The molecule has 0 aliphatic heterocycles. The summed E-state index contributed by atoms with van der Waals surface area (Å²) in [6.45, 7) is 0.883. The van der Waals surface area contributed by atoms with Gasteiger partial charge in [-0.25, -0.2) is 4.98 Å². The monoisotopic (exact) mass is 346 g/mol. The molecule has 1 amide bonds. The van der Waals surface area contributed by atoms with Crippen molar-refractivity contribution in [2.45, 2.75) is 13.1 Å². The Morgan fingerprint density at radius 3 is 2.73 bits per heavy atom. The molecular formula is C14H20Cl2N4O2. The number of carbonyl (C=O) groups is 1. The van der Waals surface area contributed by atoms with Crippen LogP contribution in [0.1, 0.15) is 21.7 Å². The molecule has 1 aromatic carbocycles. The molecule has 0 fully saturated rings. The number of hydrogen-bond donors (Lipinski definition) is 3. The van der Waals surface area contributed by atoms with Gasteiger partial charge in [0.2, 0.25) is 0 Å². The predicted molar refractivity (Wildman–Crippen MR) is 89.2 cm³/mol. The first-order chi connectivity index (χ1) is 9.74. The largest absolute Gasteiger partial charge is 0.395 e. The van der Waals surface area contributed by atoms with E-state index >= 15 is 0 Å². The average molecular weight is 347 g/mol. The minimum absolute atomic E-state index is 0. The Balaban J connectivity index is 0.00000220. The van der Waals surface area contributed by atoms with E-state index in [4.69, 9.17) is 10.8 Å². The first kappa shape index (κ1) is 20.4. The quantitative estimate of drug-likeness (QED) is 0.735. The number of carbonyl (C=O) groups excluding carboxylic acids is 1. The van der Waals surface area contributed by atoms with Gasteiger partial charge in [-0.15, -0.1) is 24.8 Å². The van der Waals surface area contributed by atoms with Gasteiger partial charge in [0.15, 0.2) is 0 Å². The van der Waals surface area contributed by atoms with Crippen molar-refractivity contribution < 1.29 is 9.90 Å². The summed E-state index contributed by atoms with van der Waals surface area (Å²) < 4.78 is 0. The van der Waals surface area contributed by atoms with Crippen molar-refractivity contribution in [1.82, 2.24) is 14.9 Å². The molecule has 6 nitrogen and oxygen atoms in total. The van der Waals surface area contributed by atoms with E-state index in [1.54, 1.807) is 35.5 Å². The van der Waals surface area contributed by atoms with E-state index in [1.807, 2.05) is 6.07 Å². The minimum Gasteiger partial charge on any atom is -0.395 e. The number of rotatable bonds is 6. The van der Waals surface area contributed by atoms with Crippen molar-refractivity contribution in [3.8, 4) is 0 Å². The van der Waals surface area contributed by atoms with Crippen molar-refractivity contribution in [2.24, 2.45) is 5.73 Å². The fraction of sp³-hybridized carbons (Fsp3) is 0.286. The number of aromatic nitrogens is 2. The van der Waals surface area contributed by atoms with Crippen LogP contribution in [0.3, 0.4) is 0 Å². The molecule has 0 saturated heterocycles. The fourth-order valence-corrected chi connectivity index (χ4v) is 1.95. The molecule has 22 heavy (non-hydrogen) atoms. The van der Waals surface area contributed by atoms with E-state index < -0.39 is 0 Å². The molecule has 2 rings (SSSR count). The van der Waals surface area contributed by atoms with Crippen LogP contribution in [0.15, 0.2) is 36.7 Å². The van der Waals surface area contributed by atoms with Crippen molar-refractivity contribution in [1.29, 1.82) is 0 Å². The van der Waals surface area contributed by atoms with Gasteiger partial charge in [-0.2, -0.15) is 0 Å². The van der Waals surface area contributed by atoms with Crippen molar-refractivity contribution in [3.63, 3.8) is 0 Å². The number of nitrogens with one attached hydrogen (secondary N) is 1. The minimum atomic E-state index is -0.147.